The molecular weight excluding hydrogens is 232 g/mol. The van der Waals surface area contributed by atoms with Crippen molar-refractivity contribution in [2.45, 2.75) is 25.9 Å². The zero-order valence-corrected chi connectivity index (χ0v) is 10.8. The summed E-state index contributed by atoms with van der Waals surface area (Å²) in [6.45, 7) is 2.75. The van der Waals surface area contributed by atoms with Crippen molar-refractivity contribution in [3.63, 3.8) is 0 Å². The molecule has 0 spiro atoms. The van der Waals surface area contributed by atoms with E-state index >= 15 is 0 Å². The molecule has 1 aliphatic rings. The van der Waals surface area contributed by atoms with E-state index in [4.69, 9.17) is 14.2 Å². The van der Waals surface area contributed by atoms with Crippen molar-refractivity contribution in [2.24, 2.45) is 0 Å². The number of ketones is 1. The van der Waals surface area contributed by atoms with Gasteiger partial charge in [-0.05, 0) is 18.6 Å². The largest absolute Gasteiger partial charge is 0.497 e. The minimum atomic E-state index is -0.494. The summed E-state index contributed by atoms with van der Waals surface area (Å²) in [4.78, 5) is 11.8. The van der Waals surface area contributed by atoms with Gasteiger partial charge in [-0.3, -0.25) is 4.79 Å². The Hall–Kier alpha value is -1.55. The first-order valence-corrected chi connectivity index (χ1v) is 6.21. The van der Waals surface area contributed by atoms with Crippen molar-refractivity contribution < 1.29 is 19.0 Å². The molecule has 0 saturated carbocycles. The van der Waals surface area contributed by atoms with E-state index in [1.807, 2.05) is 12.1 Å². The third-order valence-corrected chi connectivity index (χ3v) is 2.95. The van der Waals surface area contributed by atoms with Gasteiger partial charge in [0, 0.05) is 18.2 Å². The van der Waals surface area contributed by atoms with Crippen LogP contribution in [0, 0.1) is 0 Å². The fourth-order valence-electron chi connectivity index (χ4n) is 1.91. The number of carbonyl (C=O) groups excluding carboxylic acids is 1. The van der Waals surface area contributed by atoms with Gasteiger partial charge in [-0.2, -0.15) is 0 Å². The molecule has 1 aliphatic heterocycles. The van der Waals surface area contributed by atoms with Crippen molar-refractivity contribution in [1.82, 2.24) is 0 Å². The van der Waals surface area contributed by atoms with Crippen molar-refractivity contribution in [1.29, 1.82) is 0 Å². The molecule has 0 amide bonds. The summed E-state index contributed by atoms with van der Waals surface area (Å²) in [6.07, 6.45) is 1.51. The lowest BCUT2D eigenvalue weighted by atomic mass is 10.0. The molecule has 0 saturated heterocycles. The highest BCUT2D eigenvalue weighted by molar-refractivity contribution is 5.88. The van der Waals surface area contributed by atoms with E-state index in [9.17, 15) is 4.79 Å². The third kappa shape index (κ3) is 2.64. The summed E-state index contributed by atoms with van der Waals surface area (Å²) in [6, 6.07) is 5.44. The fraction of sp³-hybridized carbons (Fsp3) is 0.500. The van der Waals surface area contributed by atoms with Gasteiger partial charge in [-0.1, -0.05) is 13.3 Å². The Bertz CT molecular complexity index is 428. The van der Waals surface area contributed by atoms with Crippen LogP contribution in [0.4, 0.5) is 0 Å². The van der Waals surface area contributed by atoms with Crippen molar-refractivity contribution in [3.8, 4) is 11.5 Å². The van der Waals surface area contributed by atoms with Crippen LogP contribution in [0.15, 0.2) is 18.2 Å². The van der Waals surface area contributed by atoms with Crippen LogP contribution in [-0.4, -0.2) is 26.1 Å². The van der Waals surface area contributed by atoms with Gasteiger partial charge in [-0.15, -0.1) is 0 Å². The van der Waals surface area contributed by atoms with Crippen LogP contribution in [0.3, 0.4) is 0 Å². The zero-order valence-electron chi connectivity index (χ0n) is 10.8. The summed E-state index contributed by atoms with van der Waals surface area (Å²) in [5.74, 6) is 1.37. The average molecular weight is 250 g/mol. The second-order valence-corrected chi connectivity index (χ2v) is 4.26. The number of ether oxygens (including phenoxy) is 3. The molecule has 1 aromatic rings. The summed E-state index contributed by atoms with van der Waals surface area (Å²) < 4.78 is 16.2. The van der Waals surface area contributed by atoms with Gasteiger partial charge < -0.3 is 14.2 Å². The summed E-state index contributed by atoms with van der Waals surface area (Å²) in [7, 11) is 1.60. The highest BCUT2D eigenvalue weighted by Crippen LogP contribution is 2.35. The van der Waals surface area contributed by atoms with Crippen LogP contribution in [-0.2, 0) is 9.53 Å². The van der Waals surface area contributed by atoms with Crippen molar-refractivity contribution in [3.05, 3.63) is 23.8 Å². The number of Topliss-reactive ketones (excluding diaryl/α,β-unsaturated/α-hetero) is 1. The Morgan fingerprint density at radius 2 is 2.28 bits per heavy atom. The van der Waals surface area contributed by atoms with Crippen LogP contribution >= 0.6 is 0 Å². The molecule has 0 radical (unpaired) electrons. The molecule has 0 fully saturated rings. The Kier molecular flexibility index (Phi) is 4.20. The van der Waals surface area contributed by atoms with Gasteiger partial charge in [0.25, 0.3) is 0 Å². The number of fused-ring (bicyclic) bond motifs is 1. The monoisotopic (exact) mass is 250 g/mol. The zero-order chi connectivity index (χ0) is 13.0. The Morgan fingerprint density at radius 3 is 3.00 bits per heavy atom. The second-order valence-electron chi connectivity index (χ2n) is 4.26. The van der Waals surface area contributed by atoms with E-state index < -0.39 is 6.10 Å². The molecule has 2 rings (SSSR count). The van der Waals surface area contributed by atoms with E-state index in [0.717, 1.165) is 24.2 Å². The topological polar surface area (TPSA) is 44.8 Å². The maximum atomic E-state index is 11.8. The molecule has 0 N–H and O–H groups in total. The molecule has 0 aliphatic carbocycles. The number of rotatable bonds is 5. The third-order valence-electron chi connectivity index (χ3n) is 2.95. The predicted molar refractivity (Wildman–Crippen MR) is 67.1 cm³/mol. The fourth-order valence-corrected chi connectivity index (χ4v) is 1.91. The number of benzene rings is 1. The van der Waals surface area contributed by atoms with Gasteiger partial charge in [0.05, 0.1) is 7.11 Å². The Labute approximate surface area is 107 Å². The van der Waals surface area contributed by atoms with Crippen LogP contribution in [0.1, 0.15) is 31.4 Å². The van der Waals surface area contributed by atoms with Crippen LogP contribution in [0.2, 0.25) is 0 Å². The van der Waals surface area contributed by atoms with Gasteiger partial charge in [0.15, 0.2) is 0 Å². The molecule has 98 valence electrons. The Morgan fingerprint density at radius 1 is 1.44 bits per heavy atom. The molecule has 1 unspecified atom stereocenters. The van der Waals surface area contributed by atoms with Gasteiger partial charge >= 0.3 is 0 Å². The minimum Gasteiger partial charge on any atom is -0.497 e. The molecule has 4 nitrogen and oxygen atoms in total. The van der Waals surface area contributed by atoms with E-state index in [2.05, 4.69) is 6.92 Å². The molecule has 0 bridgehead atoms. The smallest absolute Gasteiger partial charge is 0.203 e. The summed E-state index contributed by atoms with van der Waals surface area (Å²) >= 11 is 0. The molecule has 1 heterocycles. The van der Waals surface area contributed by atoms with E-state index in [-0.39, 0.29) is 12.4 Å². The predicted octanol–water partition coefficient (Wildman–Crippen LogP) is 2.51. The lowest BCUT2D eigenvalue weighted by molar-refractivity contribution is -0.135. The highest BCUT2D eigenvalue weighted by Gasteiger charge is 2.29. The van der Waals surface area contributed by atoms with E-state index in [1.165, 1.54) is 0 Å². The van der Waals surface area contributed by atoms with Gasteiger partial charge in [-0.25, -0.2) is 0 Å². The first kappa shape index (κ1) is 12.9. The first-order valence-electron chi connectivity index (χ1n) is 6.21. The Balaban J connectivity index is 2.18. The molecule has 18 heavy (non-hydrogen) atoms. The number of unbranched alkanes of at least 4 members (excludes halogenated alkanes) is 1. The molecule has 1 atom stereocenters. The number of methoxy groups -OCH3 is 1. The lowest BCUT2D eigenvalue weighted by Gasteiger charge is -2.25. The summed E-state index contributed by atoms with van der Waals surface area (Å²) in [5.41, 5.74) is 0.795. The van der Waals surface area contributed by atoms with Crippen LogP contribution in [0.25, 0.3) is 0 Å². The quantitative estimate of drug-likeness (QED) is 0.753. The molecule has 0 aromatic heterocycles. The van der Waals surface area contributed by atoms with E-state index in [0.29, 0.717) is 12.4 Å². The molecule has 1 aromatic carbocycles. The standard InChI is InChI=1S/C14H18O4/c1-3-4-7-17-14-11-6-5-10(16-2)8-13(11)18-9-12(14)15/h5-6,8,14H,3-4,7,9H2,1-2H3. The summed E-state index contributed by atoms with van der Waals surface area (Å²) in [5, 5.41) is 0. The second kappa shape index (κ2) is 5.87. The minimum absolute atomic E-state index is 0.0243. The first-order chi connectivity index (χ1) is 8.76. The number of hydrogen-bond donors (Lipinski definition) is 0. The van der Waals surface area contributed by atoms with Gasteiger partial charge in [0.2, 0.25) is 5.78 Å². The maximum Gasteiger partial charge on any atom is 0.203 e. The van der Waals surface area contributed by atoms with Gasteiger partial charge in [0.1, 0.15) is 24.2 Å². The lowest BCUT2D eigenvalue weighted by Crippen LogP contribution is -2.28. The normalized spacial score (nSPS) is 18.1. The van der Waals surface area contributed by atoms with Crippen LogP contribution in [0.5, 0.6) is 11.5 Å². The van der Waals surface area contributed by atoms with Crippen molar-refractivity contribution in [2.75, 3.05) is 20.3 Å². The highest BCUT2D eigenvalue weighted by atomic mass is 16.5. The van der Waals surface area contributed by atoms with Crippen LogP contribution < -0.4 is 9.47 Å². The maximum absolute atomic E-state index is 11.8. The molecular formula is C14H18O4. The van der Waals surface area contributed by atoms with Crippen molar-refractivity contribution >= 4 is 5.78 Å². The average Bonchev–Trinajstić information content (AvgIpc) is 2.41. The number of carbonyl (C=O) groups is 1. The number of hydrogen-bond acceptors (Lipinski definition) is 4. The SMILES string of the molecule is CCCCOC1C(=O)COc2cc(OC)ccc21. The van der Waals surface area contributed by atoms with E-state index in [1.54, 1.807) is 13.2 Å². The molecule has 4 heteroatoms.